The van der Waals surface area contributed by atoms with Crippen LogP contribution in [0.5, 0.6) is 11.5 Å². The third kappa shape index (κ3) is 6.27. The van der Waals surface area contributed by atoms with Crippen molar-refractivity contribution in [2.24, 2.45) is 4.99 Å². The van der Waals surface area contributed by atoms with Crippen LogP contribution in [0.2, 0.25) is 0 Å². The summed E-state index contributed by atoms with van der Waals surface area (Å²) in [6.45, 7) is 1.95. The molecule has 7 heteroatoms. The first-order valence-corrected chi connectivity index (χ1v) is 9.59. The van der Waals surface area contributed by atoms with Gasteiger partial charge in [0.05, 0.1) is 25.5 Å². The van der Waals surface area contributed by atoms with Gasteiger partial charge in [-0.2, -0.15) is 5.10 Å². The summed E-state index contributed by atoms with van der Waals surface area (Å²) >= 11 is 0. The molecule has 0 aliphatic heterocycles. The van der Waals surface area contributed by atoms with Crippen LogP contribution in [0, 0.1) is 0 Å². The Morgan fingerprint density at radius 2 is 1.72 bits per heavy atom. The Kier molecular flexibility index (Phi) is 7.51. The van der Waals surface area contributed by atoms with Gasteiger partial charge in [-0.05, 0) is 48.4 Å². The predicted octanol–water partition coefficient (Wildman–Crippen LogP) is 2.67. The SMILES string of the molecule is CN=C(NCCOc1ccc(OC)cc1)NCCc1cnn(-c2ccccc2)c1. The molecule has 2 N–H and O–H groups in total. The Morgan fingerprint density at radius 1 is 1.00 bits per heavy atom. The van der Waals surface area contributed by atoms with Crippen LogP contribution in [0.1, 0.15) is 5.56 Å². The number of aromatic nitrogens is 2. The molecule has 0 spiro atoms. The molecule has 0 aliphatic rings. The first-order chi connectivity index (χ1) is 14.3. The lowest BCUT2D eigenvalue weighted by Crippen LogP contribution is -2.40. The van der Waals surface area contributed by atoms with Gasteiger partial charge in [0.1, 0.15) is 18.1 Å². The predicted molar refractivity (Wildman–Crippen MR) is 115 cm³/mol. The average molecular weight is 393 g/mol. The molecular formula is C22H27N5O2. The summed E-state index contributed by atoms with van der Waals surface area (Å²) in [4.78, 5) is 4.24. The van der Waals surface area contributed by atoms with Crippen molar-refractivity contribution in [1.29, 1.82) is 0 Å². The molecule has 1 aromatic heterocycles. The van der Waals surface area contributed by atoms with Crippen molar-refractivity contribution in [2.75, 3.05) is 33.9 Å². The van der Waals surface area contributed by atoms with E-state index in [1.54, 1.807) is 14.2 Å². The van der Waals surface area contributed by atoms with Gasteiger partial charge in [0.15, 0.2) is 5.96 Å². The second kappa shape index (κ2) is 10.8. The van der Waals surface area contributed by atoms with Crippen LogP contribution in [0.3, 0.4) is 0 Å². The number of aliphatic imine (C=N–C) groups is 1. The molecule has 0 amide bonds. The van der Waals surface area contributed by atoms with Gasteiger partial charge >= 0.3 is 0 Å². The molecule has 3 aromatic rings. The average Bonchev–Trinajstić information content (AvgIpc) is 3.25. The number of benzene rings is 2. The van der Waals surface area contributed by atoms with Gasteiger partial charge < -0.3 is 20.1 Å². The van der Waals surface area contributed by atoms with Crippen molar-refractivity contribution in [1.82, 2.24) is 20.4 Å². The molecule has 0 saturated heterocycles. The number of nitrogens with one attached hydrogen (secondary N) is 2. The van der Waals surface area contributed by atoms with Crippen molar-refractivity contribution < 1.29 is 9.47 Å². The molecule has 0 unspecified atom stereocenters. The smallest absolute Gasteiger partial charge is 0.191 e. The number of ether oxygens (including phenoxy) is 2. The summed E-state index contributed by atoms with van der Waals surface area (Å²) in [6.07, 6.45) is 4.80. The normalized spacial score (nSPS) is 11.2. The summed E-state index contributed by atoms with van der Waals surface area (Å²) in [7, 11) is 3.40. The molecular weight excluding hydrogens is 366 g/mol. The molecule has 152 valence electrons. The topological polar surface area (TPSA) is 72.7 Å². The second-order valence-electron chi connectivity index (χ2n) is 6.33. The van der Waals surface area contributed by atoms with E-state index < -0.39 is 0 Å². The highest BCUT2D eigenvalue weighted by molar-refractivity contribution is 5.79. The maximum absolute atomic E-state index is 5.71. The van der Waals surface area contributed by atoms with E-state index in [0.717, 1.165) is 36.1 Å². The van der Waals surface area contributed by atoms with Crippen molar-refractivity contribution >= 4 is 5.96 Å². The molecule has 2 aromatic carbocycles. The molecule has 0 radical (unpaired) electrons. The minimum absolute atomic E-state index is 0.539. The summed E-state index contributed by atoms with van der Waals surface area (Å²) < 4.78 is 12.7. The van der Waals surface area contributed by atoms with Gasteiger partial charge in [0.25, 0.3) is 0 Å². The summed E-state index contributed by atoms with van der Waals surface area (Å²) in [5.74, 6) is 2.37. The lowest BCUT2D eigenvalue weighted by atomic mass is 10.2. The Morgan fingerprint density at radius 3 is 2.45 bits per heavy atom. The number of methoxy groups -OCH3 is 1. The molecule has 0 bridgehead atoms. The third-order valence-electron chi connectivity index (χ3n) is 4.31. The van der Waals surface area contributed by atoms with Crippen LogP contribution in [-0.4, -0.2) is 49.6 Å². The summed E-state index contributed by atoms with van der Waals surface area (Å²) in [5.41, 5.74) is 2.22. The van der Waals surface area contributed by atoms with E-state index in [0.29, 0.717) is 13.2 Å². The quantitative estimate of drug-likeness (QED) is 0.332. The van der Waals surface area contributed by atoms with Crippen LogP contribution in [0.15, 0.2) is 72.0 Å². The largest absolute Gasteiger partial charge is 0.497 e. The Bertz CT molecular complexity index is 891. The van der Waals surface area contributed by atoms with Crippen LogP contribution in [-0.2, 0) is 6.42 Å². The molecule has 0 atom stereocenters. The fourth-order valence-electron chi connectivity index (χ4n) is 2.77. The van der Waals surface area contributed by atoms with E-state index in [-0.39, 0.29) is 0 Å². The fraction of sp³-hybridized carbons (Fsp3) is 0.273. The van der Waals surface area contributed by atoms with Crippen LogP contribution in [0.4, 0.5) is 0 Å². The third-order valence-corrected chi connectivity index (χ3v) is 4.31. The number of para-hydroxylation sites is 1. The van der Waals surface area contributed by atoms with Gasteiger partial charge in [0.2, 0.25) is 0 Å². The van der Waals surface area contributed by atoms with E-state index in [4.69, 9.17) is 9.47 Å². The van der Waals surface area contributed by atoms with E-state index in [1.807, 2.05) is 65.5 Å². The monoisotopic (exact) mass is 393 g/mol. The van der Waals surface area contributed by atoms with Crippen molar-refractivity contribution in [2.45, 2.75) is 6.42 Å². The summed E-state index contributed by atoms with van der Waals surface area (Å²) in [6, 6.07) is 17.6. The first kappa shape index (κ1) is 20.3. The van der Waals surface area contributed by atoms with Crippen LogP contribution in [0.25, 0.3) is 5.69 Å². The number of nitrogens with zero attached hydrogens (tertiary/aromatic N) is 3. The highest BCUT2D eigenvalue weighted by Crippen LogP contribution is 2.16. The van der Waals surface area contributed by atoms with Crippen LogP contribution < -0.4 is 20.1 Å². The molecule has 3 rings (SSSR count). The van der Waals surface area contributed by atoms with Gasteiger partial charge in [-0.25, -0.2) is 4.68 Å². The number of hydrogen-bond acceptors (Lipinski definition) is 4. The lowest BCUT2D eigenvalue weighted by molar-refractivity contribution is 0.321. The minimum atomic E-state index is 0.539. The Hall–Kier alpha value is -3.48. The van der Waals surface area contributed by atoms with Crippen molar-refractivity contribution in [3.05, 3.63) is 72.6 Å². The highest BCUT2D eigenvalue weighted by atomic mass is 16.5. The van der Waals surface area contributed by atoms with Gasteiger partial charge in [0, 0.05) is 19.8 Å². The van der Waals surface area contributed by atoms with Crippen molar-refractivity contribution in [3.63, 3.8) is 0 Å². The first-order valence-electron chi connectivity index (χ1n) is 9.59. The van der Waals surface area contributed by atoms with E-state index >= 15 is 0 Å². The van der Waals surface area contributed by atoms with E-state index in [9.17, 15) is 0 Å². The molecule has 0 saturated carbocycles. The second-order valence-corrected chi connectivity index (χ2v) is 6.33. The maximum Gasteiger partial charge on any atom is 0.191 e. The Balaban J connectivity index is 1.35. The van der Waals surface area contributed by atoms with Gasteiger partial charge in [-0.1, -0.05) is 18.2 Å². The zero-order valence-corrected chi connectivity index (χ0v) is 16.8. The molecule has 0 fully saturated rings. The lowest BCUT2D eigenvalue weighted by Gasteiger charge is -2.12. The molecule has 29 heavy (non-hydrogen) atoms. The minimum Gasteiger partial charge on any atom is -0.497 e. The molecule has 0 aliphatic carbocycles. The number of hydrogen-bond donors (Lipinski definition) is 2. The molecule has 1 heterocycles. The van der Waals surface area contributed by atoms with Gasteiger partial charge in [-0.3, -0.25) is 4.99 Å². The zero-order chi connectivity index (χ0) is 20.3. The van der Waals surface area contributed by atoms with E-state index in [2.05, 4.69) is 26.9 Å². The molecule has 7 nitrogen and oxygen atoms in total. The number of guanidine groups is 1. The standard InChI is InChI=1S/C22H27N5O2/c1-23-22(25-14-15-29-21-10-8-20(28-2)9-11-21)24-13-12-18-16-26-27(17-18)19-6-4-3-5-7-19/h3-11,16-17H,12-15H2,1-2H3,(H2,23,24,25). The number of rotatable bonds is 9. The van der Waals surface area contributed by atoms with Gasteiger partial charge in [-0.15, -0.1) is 0 Å². The highest BCUT2D eigenvalue weighted by Gasteiger charge is 2.02. The summed E-state index contributed by atoms with van der Waals surface area (Å²) in [5, 5.41) is 11.0. The fourth-order valence-corrected chi connectivity index (χ4v) is 2.77. The zero-order valence-electron chi connectivity index (χ0n) is 16.8. The van der Waals surface area contributed by atoms with E-state index in [1.165, 1.54) is 5.56 Å². The van der Waals surface area contributed by atoms with Crippen LogP contribution >= 0.6 is 0 Å². The van der Waals surface area contributed by atoms with Crippen molar-refractivity contribution in [3.8, 4) is 17.2 Å². The Labute approximate surface area is 171 Å². The maximum atomic E-state index is 5.71.